The summed E-state index contributed by atoms with van der Waals surface area (Å²) in [7, 11) is 0. The summed E-state index contributed by atoms with van der Waals surface area (Å²) >= 11 is 0.749. The van der Waals surface area contributed by atoms with E-state index < -0.39 is 17.9 Å². The Balaban J connectivity index is 1.99. The Hall–Kier alpha value is -1.35. The lowest BCUT2D eigenvalue weighted by atomic mass is 10.2. The van der Waals surface area contributed by atoms with Crippen molar-refractivity contribution >= 4 is 22.5 Å². The van der Waals surface area contributed by atoms with Crippen molar-refractivity contribution in [3.63, 3.8) is 0 Å². The Morgan fingerprint density at radius 3 is 2.55 bits per heavy atom. The molecule has 1 N–H and O–H groups in total. The molecular formula is C11H14F3N3O2S. The van der Waals surface area contributed by atoms with Gasteiger partial charge in [0.2, 0.25) is 0 Å². The molecule has 2 unspecified atom stereocenters. The highest BCUT2D eigenvalue weighted by Crippen LogP contribution is 2.31. The summed E-state index contributed by atoms with van der Waals surface area (Å²) in [6, 6.07) is -0.463. The number of hydrogen-bond acceptors (Lipinski definition) is 4. The molecule has 0 saturated carbocycles. The first-order valence-electron chi connectivity index (χ1n) is 6.00. The Kier molecular flexibility index (Phi) is 4.19. The first kappa shape index (κ1) is 15.0. The van der Waals surface area contributed by atoms with E-state index in [2.05, 4.69) is 10.3 Å². The van der Waals surface area contributed by atoms with E-state index in [9.17, 15) is 18.0 Å². The highest BCUT2D eigenvalue weighted by molar-refractivity contribution is 7.13. The van der Waals surface area contributed by atoms with E-state index in [4.69, 9.17) is 4.74 Å². The number of morpholine rings is 1. The fourth-order valence-corrected chi connectivity index (χ4v) is 2.68. The summed E-state index contributed by atoms with van der Waals surface area (Å²) in [5.41, 5.74) is -0.999. The van der Waals surface area contributed by atoms with E-state index in [1.54, 1.807) is 0 Å². The minimum absolute atomic E-state index is 0.0610. The lowest BCUT2D eigenvalue weighted by Gasteiger charge is -2.34. The largest absolute Gasteiger partial charge is 0.434 e. The van der Waals surface area contributed by atoms with Crippen molar-refractivity contribution in [1.82, 2.24) is 9.88 Å². The van der Waals surface area contributed by atoms with Crippen LogP contribution < -0.4 is 5.32 Å². The van der Waals surface area contributed by atoms with Gasteiger partial charge in [-0.05, 0) is 13.8 Å². The number of halogens is 3. The molecule has 0 bridgehead atoms. The number of nitrogens with zero attached hydrogens (tertiary/aromatic N) is 2. The molecule has 1 fully saturated rings. The molecule has 0 aromatic carbocycles. The van der Waals surface area contributed by atoms with Gasteiger partial charge in [-0.1, -0.05) is 0 Å². The van der Waals surface area contributed by atoms with Crippen LogP contribution in [0.5, 0.6) is 0 Å². The van der Waals surface area contributed by atoms with Gasteiger partial charge in [0.1, 0.15) is 0 Å². The second-order valence-electron chi connectivity index (χ2n) is 4.63. The van der Waals surface area contributed by atoms with Gasteiger partial charge in [0.25, 0.3) is 0 Å². The van der Waals surface area contributed by atoms with Crippen molar-refractivity contribution in [2.75, 3.05) is 18.4 Å². The molecule has 2 amide bonds. The molecule has 0 spiro atoms. The van der Waals surface area contributed by atoms with Gasteiger partial charge in [-0.25, -0.2) is 9.78 Å². The van der Waals surface area contributed by atoms with Crippen LogP contribution in [0.2, 0.25) is 0 Å². The van der Waals surface area contributed by atoms with Gasteiger partial charge in [0, 0.05) is 18.5 Å². The third kappa shape index (κ3) is 3.60. The quantitative estimate of drug-likeness (QED) is 0.868. The molecular weight excluding hydrogens is 295 g/mol. The van der Waals surface area contributed by atoms with Gasteiger partial charge in [-0.15, -0.1) is 11.3 Å². The van der Waals surface area contributed by atoms with Crippen molar-refractivity contribution in [3.8, 4) is 0 Å². The van der Waals surface area contributed by atoms with Gasteiger partial charge in [0.05, 0.1) is 12.2 Å². The second-order valence-corrected chi connectivity index (χ2v) is 5.49. The number of thiazole rings is 1. The van der Waals surface area contributed by atoms with Crippen LogP contribution >= 0.6 is 11.3 Å². The van der Waals surface area contributed by atoms with E-state index in [0.717, 1.165) is 16.7 Å². The molecule has 5 nitrogen and oxygen atoms in total. The molecule has 9 heteroatoms. The monoisotopic (exact) mass is 309 g/mol. The van der Waals surface area contributed by atoms with Crippen LogP contribution in [0.15, 0.2) is 5.38 Å². The first-order chi connectivity index (χ1) is 9.25. The fourth-order valence-electron chi connectivity index (χ4n) is 1.98. The predicted molar refractivity (Wildman–Crippen MR) is 67.7 cm³/mol. The smallest absolute Gasteiger partial charge is 0.372 e. The van der Waals surface area contributed by atoms with Gasteiger partial charge >= 0.3 is 12.2 Å². The summed E-state index contributed by atoms with van der Waals surface area (Å²) in [5.74, 6) is 0. The van der Waals surface area contributed by atoms with Crippen molar-refractivity contribution < 1.29 is 22.7 Å². The number of hydrogen-bond donors (Lipinski definition) is 1. The average Bonchev–Trinajstić information content (AvgIpc) is 2.75. The van der Waals surface area contributed by atoms with E-state index in [0.29, 0.717) is 13.1 Å². The number of rotatable bonds is 1. The predicted octanol–water partition coefficient (Wildman–Crippen LogP) is 2.80. The highest BCUT2D eigenvalue weighted by atomic mass is 32.1. The average molecular weight is 309 g/mol. The van der Waals surface area contributed by atoms with Crippen LogP contribution in [0.25, 0.3) is 0 Å². The summed E-state index contributed by atoms with van der Waals surface area (Å²) < 4.78 is 42.7. The van der Waals surface area contributed by atoms with Crippen LogP contribution in [0.4, 0.5) is 23.1 Å². The number of carbonyl (C=O) groups is 1. The molecule has 2 rings (SSSR count). The standard InChI is InChI=1S/C11H14F3N3O2S/c1-6-3-17(4-7(2)19-6)10(18)16-9-15-8(5-20-9)11(12,13)14/h5-7H,3-4H2,1-2H3,(H,15,16,18). The topological polar surface area (TPSA) is 54.5 Å². The molecule has 112 valence electrons. The van der Waals surface area contributed by atoms with Gasteiger partial charge in [-0.3, -0.25) is 5.32 Å². The van der Waals surface area contributed by atoms with Crippen LogP contribution in [0, 0.1) is 0 Å². The summed E-state index contributed by atoms with van der Waals surface area (Å²) in [4.78, 5) is 16.8. The van der Waals surface area contributed by atoms with Crippen molar-refractivity contribution in [2.45, 2.75) is 32.2 Å². The third-order valence-corrected chi connectivity index (χ3v) is 3.47. The van der Waals surface area contributed by atoms with E-state index in [1.807, 2.05) is 13.8 Å². The minimum atomic E-state index is -4.50. The van der Waals surface area contributed by atoms with Crippen LogP contribution in [-0.2, 0) is 10.9 Å². The lowest BCUT2D eigenvalue weighted by Crippen LogP contribution is -2.49. The lowest BCUT2D eigenvalue weighted by molar-refractivity contribution is -0.140. The number of anilines is 1. The maximum Gasteiger partial charge on any atom is 0.434 e. The Morgan fingerprint density at radius 1 is 1.45 bits per heavy atom. The first-order valence-corrected chi connectivity index (χ1v) is 6.88. The molecule has 2 heterocycles. The van der Waals surface area contributed by atoms with Gasteiger partial charge in [0.15, 0.2) is 10.8 Å². The SMILES string of the molecule is CC1CN(C(=O)Nc2nc(C(F)(F)F)cs2)CC(C)O1. The number of urea groups is 1. The van der Waals surface area contributed by atoms with Crippen LogP contribution in [-0.4, -0.2) is 41.2 Å². The maximum atomic E-state index is 12.4. The molecule has 1 saturated heterocycles. The van der Waals surface area contributed by atoms with Gasteiger partial charge < -0.3 is 9.64 Å². The van der Waals surface area contributed by atoms with Crippen molar-refractivity contribution in [3.05, 3.63) is 11.1 Å². The summed E-state index contributed by atoms with van der Waals surface area (Å²) in [6.45, 7) is 4.46. The van der Waals surface area contributed by atoms with Crippen molar-refractivity contribution in [1.29, 1.82) is 0 Å². The molecule has 1 aromatic rings. The number of amides is 2. The molecule has 0 radical (unpaired) electrons. The Labute approximate surface area is 117 Å². The zero-order valence-corrected chi connectivity index (χ0v) is 11.7. The van der Waals surface area contributed by atoms with Crippen LogP contribution in [0.3, 0.4) is 0 Å². The second kappa shape index (κ2) is 5.57. The Bertz CT molecular complexity index is 482. The zero-order chi connectivity index (χ0) is 14.9. The molecule has 0 aliphatic carbocycles. The number of nitrogens with one attached hydrogen (secondary N) is 1. The minimum Gasteiger partial charge on any atom is -0.372 e. The number of ether oxygens (including phenoxy) is 1. The number of alkyl halides is 3. The van der Waals surface area contributed by atoms with Crippen molar-refractivity contribution in [2.24, 2.45) is 0 Å². The fraction of sp³-hybridized carbons (Fsp3) is 0.636. The number of carbonyl (C=O) groups excluding carboxylic acids is 1. The van der Waals surface area contributed by atoms with E-state index in [-0.39, 0.29) is 17.3 Å². The molecule has 1 aliphatic heterocycles. The summed E-state index contributed by atoms with van der Waals surface area (Å²) in [6.07, 6.45) is -4.71. The van der Waals surface area contributed by atoms with E-state index >= 15 is 0 Å². The molecule has 1 aliphatic rings. The summed E-state index contributed by atoms with van der Waals surface area (Å²) in [5, 5.41) is 3.20. The van der Waals surface area contributed by atoms with E-state index in [1.165, 1.54) is 4.90 Å². The van der Waals surface area contributed by atoms with Gasteiger partial charge in [-0.2, -0.15) is 13.2 Å². The molecule has 20 heavy (non-hydrogen) atoms. The van der Waals surface area contributed by atoms with Crippen LogP contribution in [0.1, 0.15) is 19.5 Å². The normalized spacial score (nSPS) is 23.8. The molecule has 1 aromatic heterocycles. The molecule has 2 atom stereocenters. The maximum absolute atomic E-state index is 12.4. The Morgan fingerprint density at radius 2 is 2.05 bits per heavy atom. The highest BCUT2D eigenvalue weighted by Gasteiger charge is 2.34. The number of aromatic nitrogens is 1. The zero-order valence-electron chi connectivity index (χ0n) is 10.9. The third-order valence-electron chi connectivity index (χ3n) is 2.72.